The summed E-state index contributed by atoms with van der Waals surface area (Å²) in [5, 5.41) is 0. The summed E-state index contributed by atoms with van der Waals surface area (Å²) >= 11 is 0. The highest BCUT2D eigenvalue weighted by molar-refractivity contribution is 5.78. The summed E-state index contributed by atoms with van der Waals surface area (Å²) in [5.41, 5.74) is 6.09. The van der Waals surface area contributed by atoms with Gasteiger partial charge in [-0.2, -0.15) is 0 Å². The molecule has 1 aliphatic carbocycles. The number of hydrogen-bond acceptors (Lipinski definition) is 2. The quantitative estimate of drug-likeness (QED) is 0.904. The van der Waals surface area contributed by atoms with E-state index in [9.17, 15) is 13.6 Å². The highest BCUT2D eigenvalue weighted by atomic mass is 19.1. The third-order valence-corrected chi connectivity index (χ3v) is 4.16. The van der Waals surface area contributed by atoms with E-state index in [-0.39, 0.29) is 17.5 Å². The maximum absolute atomic E-state index is 14.1. The number of nitrogens with two attached hydrogens (primary N) is 1. The lowest BCUT2D eigenvalue weighted by molar-refractivity contribution is -0.134. The summed E-state index contributed by atoms with van der Waals surface area (Å²) in [6.07, 6.45) is 3.48. The molecule has 20 heavy (non-hydrogen) atoms. The lowest BCUT2D eigenvalue weighted by Crippen LogP contribution is -2.44. The number of halogens is 2. The van der Waals surface area contributed by atoms with Crippen LogP contribution in [-0.2, 0) is 4.79 Å². The molecular formula is C15H18F2N2O. The molecule has 2 aliphatic rings. The molecule has 1 amide bonds. The molecule has 5 heteroatoms. The maximum Gasteiger partial charge on any atom is 0.223 e. The molecule has 1 heterocycles. The van der Waals surface area contributed by atoms with Crippen LogP contribution in [0.1, 0.15) is 43.7 Å². The monoisotopic (exact) mass is 280 g/mol. The number of hydrogen-bond donors (Lipinski definition) is 1. The minimum atomic E-state index is -0.682. The zero-order chi connectivity index (χ0) is 14.3. The van der Waals surface area contributed by atoms with Crippen LogP contribution in [-0.4, -0.2) is 22.9 Å². The van der Waals surface area contributed by atoms with Crippen molar-refractivity contribution in [2.45, 2.75) is 50.2 Å². The van der Waals surface area contributed by atoms with Crippen LogP contribution >= 0.6 is 0 Å². The van der Waals surface area contributed by atoms with Crippen molar-refractivity contribution in [3.8, 4) is 0 Å². The molecule has 0 spiro atoms. The maximum atomic E-state index is 14.1. The van der Waals surface area contributed by atoms with E-state index in [1.165, 1.54) is 18.2 Å². The van der Waals surface area contributed by atoms with Gasteiger partial charge >= 0.3 is 0 Å². The Morgan fingerprint density at radius 3 is 2.40 bits per heavy atom. The SMILES string of the molecule is NC1CCCC(=O)N(C2CC2)C1c1c(F)cccc1F. The van der Waals surface area contributed by atoms with Crippen molar-refractivity contribution in [3.63, 3.8) is 0 Å². The van der Waals surface area contributed by atoms with Gasteiger partial charge in [0.05, 0.1) is 6.04 Å². The average Bonchev–Trinajstić information content (AvgIpc) is 3.20. The number of nitrogens with zero attached hydrogens (tertiary/aromatic N) is 1. The summed E-state index contributed by atoms with van der Waals surface area (Å²) < 4.78 is 28.2. The number of benzene rings is 1. The van der Waals surface area contributed by atoms with Gasteiger partial charge in [-0.25, -0.2) is 8.78 Å². The van der Waals surface area contributed by atoms with Gasteiger partial charge < -0.3 is 10.6 Å². The topological polar surface area (TPSA) is 46.3 Å². The Balaban J connectivity index is 2.07. The van der Waals surface area contributed by atoms with E-state index >= 15 is 0 Å². The third kappa shape index (κ3) is 2.30. The fourth-order valence-electron chi connectivity index (χ4n) is 3.07. The summed E-state index contributed by atoms with van der Waals surface area (Å²) in [6, 6.07) is 2.78. The number of carbonyl (C=O) groups excluding carboxylic acids is 1. The van der Waals surface area contributed by atoms with Crippen LogP contribution in [0.4, 0.5) is 8.78 Å². The van der Waals surface area contributed by atoms with Gasteiger partial charge in [0.15, 0.2) is 0 Å². The lowest BCUT2D eigenvalue weighted by atomic mass is 9.95. The Morgan fingerprint density at radius 2 is 1.80 bits per heavy atom. The Labute approximate surface area is 116 Å². The van der Waals surface area contributed by atoms with Crippen LogP contribution in [0.5, 0.6) is 0 Å². The molecule has 3 rings (SSSR count). The molecule has 1 aliphatic heterocycles. The molecular weight excluding hydrogens is 262 g/mol. The van der Waals surface area contributed by atoms with Crippen LogP contribution < -0.4 is 5.73 Å². The van der Waals surface area contributed by atoms with Crippen LogP contribution in [0, 0.1) is 11.6 Å². The fourth-order valence-corrected chi connectivity index (χ4v) is 3.07. The van der Waals surface area contributed by atoms with Crippen LogP contribution in [0.2, 0.25) is 0 Å². The molecule has 0 aromatic heterocycles. The van der Waals surface area contributed by atoms with Gasteiger partial charge in [-0.1, -0.05) is 6.07 Å². The fraction of sp³-hybridized carbons (Fsp3) is 0.533. The molecule has 3 nitrogen and oxygen atoms in total. The Kier molecular flexibility index (Phi) is 3.46. The van der Waals surface area contributed by atoms with Crippen LogP contribution in [0.25, 0.3) is 0 Å². The molecule has 0 bridgehead atoms. The van der Waals surface area contributed by atoms with Crippen molar-refractivity contribution in [2.24, 2.45) is 5.73 Å². The minimum absolute atomic E-state index is 0.0342. The number of carbonyl (C=O) groups is 1. The Morgan fingerprint density at radius 1 is 1.15 bits per heavy atom. The number of amides is 1. The molecule has 1 aromatic carbocycles. The zero-order valence-electron chi connectivity index (χ0n) is 11.2. The first-order valence-electron chi connectivity index (χ1n) is 7.10. The molecule has 1 saturated carbocycles. The smallest absolute Gasteiger partial charge is 0.223 e. The Hall–Kier alpha value is -1.49. The van der Waals surface area contributed by atoms with Gasteiger partial charge in [-0.05, 0) is 37.8 Å². The van der Waals surface area contributed by atoms with Gasteiger partial charge in [0.25, 0.3) is 0 Å². The van der Waals surface area contributed by atoms with Crippen LogP contribution in [0.15, 0.2) is 18.2 Å². The largest absolute Gasteiger partial charge is 0.331 e. The summed E-state index contributed by atoms with van der Waals surface area (Å²) in [5.74, 6) is -1.27. The van der Waals surface area contributed by atoms with Crippen molar-refractivity contribution in [2.75, 3.05) is 0 Å². The normalized spacial score (nSPS) is 27.6. The molecule has 2 N–H and O–H groups in total. The molecule has 2 fully saturated rings. The van der Waals surface area contributed by atoms with E-state index in [2.05, 4.69) is 0 Å². The van der Waals surface area contributed by atoms with E-state index in [0.717, 1.165) is 12.8 Å². The van der Waals surface area contributed by atoms with Gasteiger partial charge in [-0.15, -0.1) is 0 Å². The highest BCUT2D eigenvalue weighted by Crippen LogP contribution is 2.40. The predicted octanol–water partition coefficient (Wildman–Crippen LogP) is 2.51. The standard InChI is InChI=1S/C15H18F2N2O/c16-10-3-1-4-11(17)14(10)15-12(18)5-2-6-13(20)19(15)9-7-8-9/h1,3-4,9,12,15H,2,5-8,18H2. The molecule has 0 radical (unpaired) electrons. The van der Waals surface area contributed by atoms with Crippen molar-refractivity contribution in [1.29, 1.82) is 0 Å². The van der Waals surface area contributed by atoms with E-state index in [1.54, 1.807) is 4.90 Å². The number of rotatable bonds is 2. The summed E-state index contributed by atoms with van der Waals surface area (Å²) in [7, 11) is 0. The molecule has 108 valence electrons. The van der Waals surface area contributed by atoms with Gasteiger partial charge in [0.1, 0.15) is 11.6 Å². The van der Waals surface area contributed by atoms with E-state index in [1.807, 2.05) is 0 Å². The third-order valence-electron chi connectivity index (χ3n) is 4.16. The van der Waals surface area contributed by atoms with Gasteiger partial charge in [0, 0.05) is 24.1 Å². The molecule has 1 saturated heterocycles. The van der Waals surface area contributed by atoms with E-state index in [4.69, 9.17) is 5.73 Å². The summed E-state index contributed by atoms with van der Waals surface area (Å²) in [6.45, 7) is 0. The molecule has 2 atom stereocenters. The van der Waals surface area contributed by atoms with Crippen molar-refractivity contribution in [1.82, 2.24) is 4.90 Å². The molecule has 2 unspecified atom stereocenters. The minimum Gasteiger partial charge on any atom is -0.331 e. The van der Waals surface area contributed by atoms with Crippen molar-refractivity contribution in [3.05, 3.63) is 35.4 Å². The number of likely N-dealkylation sites (tertiary alicyclic amines) is 1. The first kappa shape index (κ1) is 13.5. The van der Waals surface area contributed by atoms with Crippen molar-refractivity contribution >= 4 is 5.91 Å². The van der Waals surface area contributed by atoms with Gasteiger partial charge in [-0.3, -0.25) is 4.79 Å². The average molecular weight is 280 g/mol. The second kappa shape index (κ2) is 5.13. The predicted molar refractivity (Wildman–Crippen MR) is 70.8 cm³/mol. The Bertz CT molecular complexity index is 510. The second-order valence-corrected chi connectivity index (χ2v) is 5.67. The first-order valence-corrected chi connectivity index (χ1v) is 7.10. The summed E-state index contributed by atoms with van der Waals surface area (Å²) in [4.78, 5) is 13.9. The van der Waals surface area contributed by atoms with Crippen molar-refractivity contribution < 1.29 is 13.6 Å². The second-order valence-electron chi connectivity index (χ2n) is 5.67. The lowest BCUT2D eigenvalue weighted by Gasteiger charge is -2.34. The zero-order valence-corrected chi connectivity index (χ0v) is 11.2. The first-order chi connectivity index (χ1) is 9.59. The van der Waals surface area contributed by atoms with E-state index < -0.39 is 23.7 Å². The highest BCUT2D eigenvalue weighted by Gasteiger charge is 2.43. The molecule has 1 aromatic rings. The van der Waals surface area contributed by atoms with Crippen LogP contribution in [0.3, 0.4) is 0 Å². The van der Waals surface area contributed by atoms with E-state index in [0.29, 0.717) is 19.3 Å². The van der Waals surface area contributed by atoms with Gasteiger partial charge in [0.2, 0.25) is 5.91 Å².